The highest BCUT2D eigenvalue weighted by Gasteiger charge is 2.47. The van der Waals surface area contributed by atoms with Crippen molar-refractivity contribution in [3.63, 3.8) is 0 Å². The minimum atomic E-state index is -0.884. The first-order chi connectivity index (χ1) is 16.8. The van der Waals surface area contributed by atoms with Crippen LogP contribution in [-0.4, -0.2) is 90.2 Å². The third-order valence-electron chi connectivity index (χ3n) is 6.97. The van der Waals surface area contributed by atoms with Gasteiger partial charge in [-0.1, -0.05) is 26.0 Å². The zero-order valence-corrected chi connectivity index (χ0v) is 21.4. The third kappa shape index (κ3) is 6.52. The third-order valence-corrected chi connectivity index (χ3v) is 6.97. The number of rotatable bonds is 12. The number of ether oxygens (including phenoxy) is 1. The molecule has 9 nitrogen and oxygen atoms in total. The second-order valence-corrected chi connectivity index (χ2v) is 9.49. The molecule has 1 aromatic rings. The Morgan fingerprint density at radius 2 is 1.97 bits per heavy atom. The van der Waals surface area contributed by atoms with Gasteiger partial charge in [0.25, 0.3) is 5.91 Å². The molecule has 2 aliphatic rings. The molecule has 9 heteroatoms. The van der Waals surface area contributed by atoms with Gasteiger partial charge in [-0.25, -0.2) is 5.06 Å². The maximum absolute atomic E-state index is 13.2. The lowest BCUT2D eigenvalue weighted by Gasteiger charge is -2.30. The Morgan fingerprint density at radius 1 is 1.20 bits per heavy atom. The van der Waals surface area contributed by atoms with Crippen LogP contribution in [0.25, 0.3) is 0 Å². The van der Waals surface area contributed by atoms with Crippen molar-refractivity contribution < 1.29 is 29.1 Å². The molecule has 0 aromatic heterocycles. The van der Waals surface area contributed by atoms with Crippen LogP contribution in [0.15, 0.2) is 18.2 Å². The summed E-state index contributed by atoms with van der Waals surface area (Å²) < 4.78 is 5.63. The number of nitrogens with zero attached hydrogens (tertiary/aromatic N) is 3. The van der Waals surface area contributed by atoms with Gasteiger partial charge in [-0.2, -0.15) is 0 Å². The molecule has 0 radical (unpaired) electrons. The standard InChI is InChI=1S/C26H39N3O6/c1-5-11-29(35-13-6-2)24(31)17-28-16-21(19-7-8-23-20(15-19)10-14-34-23)25(26(32)33)22(28)9-12-27(4)18(3)30/h7-8,15,21-22,25H,5-6,9-14,16-17H2,1-4H3,(H,32,33)/t21-,22+,25?/m1/s1. The van der Waals surface area contributed by atoms with E-state index in [2.05, 4.69) is 6.07 Å². The van der Waals surface area contributed by atoms with Gasteiger partial charge in [-0.15, -0.1) is 0 Å². The zero-order chi connectivity index (χ0) is 25.5. The Labute approximate surface area is 207 Å². The van der Waals surface area contributed by atoms with E-state index in [1.54, 1.807) is 11.9 Å². The highest BCUT2D eigenvalue weighted by Crippen LogP contribution is 2.41. The number of aliphatic carboxylic acids is 1. The van der Waals surface area contributed by atoms with Crippen LogP contribution in [0, 0.1) is 5.92 Å². The van der Waals surface area contributed by atoms with E-state index in [9.17, 15) is 19.5 Å². The molecule has 0 bridgehead atoms. The molecule has 1 saturated heterocycles. The average molecular weight is 490 g/mol. The zero-order valence-electron chi connectivity index (χ0n) is 21.4. The molecule has 1 aromatic carbocycles. The Bertz CT molecular complexity index is 907. The number of likely N-dealkylation sites (tertiary alicyclic amines) is 1. The van der Waals surface area contributed by atoms with E-state index >= 15 is 0 Å². The molecule has 1 N–H and O–H groups in total. The van der Waals surface area contributed by atoms with Crippen molar-refractivity contribution in [1.82, 2.24) is 14.9 Å². The average Bonchev–Trinajstić information content (AvgIpc) is 3.43. The second-order valence-electron chi connectivity index (χ2n) is 9.49. The van der Waals surface area contributed by atoms with Crippen LogP contribution in [0.3, 0.4) is 0 Å². The van der Waals surface area contributed by atoms with Crippen molar-refractivity contribution in [2.75, 3.05) is 46.4 Å². The number of carboxylic acid groups (broad SMARTS) is 1. The minimum absolute atomic E-state index is 0.0743. The van der Waals surface area contributed by atoms with Crippen molar-refractivity contribution in [3.8, 4) is 5.75 Å². The quantitative estimate of drug-likeness (QED) is 0.451. The summed E-state index contributed by atoms with van der Waals surface area (Å²) in [5, 5.41) is 11.7. The molecular weight excluding hydrogens is 450 g/mol. The molecule has 1 fully saturated rings. The predicted octanol–water partition coefficient (Wildman–Crippen LogP) is 2.54. The molecule has 0 aliphatic carbocycles. The predicted molar refractivity (Wildman–Crippen MR) is 131 cm³/mol. The molecular formula is C26H39N3O6. The number of benzene rings is 1. The summed E-state index contributed by atoms with van der Waals surface area (Å²) in [6.45, 7) is 7.99. The van der Waals surface area contributed by atoms with Gasteiger partial charge in [0.15, 0.2) is 0 Å². The van der Waals surface area contributed by atoms with E-state index in [0.29, 0.717) is 39.3 Å². The molecule has 194 valence electrons. The fourth-order valence-corrected chi connectivity index (χ4v) is 5.03. The van der Waals surface area contributed by atoms with Gasteiger partial charge in [0.1, 0.15) is 5.75 Å². The van der Waals surface area contributed by atoms with E-state index in [-0.39, 0.29) is 30.3 Å². The normalized spacial score (nSPS) is 21.4. The van der Waals surface area contributed by atoms with Crippen molar-refractivity contribution >= 4 is 17.8 Å². The smallest absolute Gasteiger partial charge is 0.308 e. The van der Waals surface area contributed by atoms with E-state index < -0.39 is 11.9 Å². The fraction of sp³-hybridized carbons (Fsp3) is 0.654. The lowest BCUT2D eigenvalue weighted by atomic mass is 9.83. The van der Waals surface area contributed by atoms with E-state index in [1.165, 1.54) is 12.0 Å². The van der Waals surface area contributed by atoms with Crippen LogP contribution in [0.5, 0.6) is 5.75 Å². The Morgan fingerprint density at radius 3 is 2.63 bits per heavy atom. The first-order valence-corrected chi connectivity index (χ1v) is 12.6. The van der Waals surface area contributed by atoms with Crippen molar-refractivity contribution in [2.24, 2.45) is 5.92 Å². The molecule has 0 saturated carbocycles. The van der Waals surface area contributed by atoms with E-state index in [4.69, 9.17) is 9.57 Å². The van der Waals surface area contributed by atoms with Gasteiger partial charge < -0.3 is 14.7 Å². The molecule has 3 atom stereocenters. The molecule has 2 aliphatic heterocycles. The Hall–Kier alpha value is -2.65. The van der Waals surface area contributed by atoms with Crippen LogP contribution in [-0.2, 0) is 25.6 Å². The number of carbonyl (C=O) groups excluding carboxylic acids is 2. The van der Waals surface area contributed by atoms with Crippen LogP contribution in [0.4, 0.5) is 0 Å². The Kier molecular flexibility index (Phi) is 9.51. The minimum Gasteiger partial charge on any atom is -0.493 e. The number of hydrogen-bond acceptors (Lipinski definition) is 6. The van der Waals surface area contributed by atoms with Crippen molar-refractivity contribution in [2.45, 2.75) is 58.4 Å². The molecule has 35 heavy (non-hydrogen) atoms. The second kappa shape index (κ2) is 12.4. The topological polar surface area (TPSA) is 99.6 Å². The Balaban J connectivity index is 1.87. The molecule has 1 unspecified atom stereocenters. The number of carbonyl (C=O) groups is 3. The summed E-state index contributed by atoms with van der Waals surface area (Å²) >= 11 is 0. The van der Waals surface area contributed by atoms with Crippen molar-refractivity contribution in [3.05, 3.63) is 29.3 Å². The SMILES string of the molecule is CCCON(CCC)C(=O)CN1C[C@H](c2ccc3c(c2)CCO3)C(C(=O)O)[C@@H]1CCN(C)C(C)=O. The first kappa shape index (κ1) is 26.9. The monoisotopic (exact) mass is 489 g/mol. The maximum Gasteiger partial charge on any atom is 0.308 e. The summed E-state index contributed by atoms with van der Waals surface area (Å²) in [4.78, 5) is 46.8. The number of amides is 2. The summed E-state index contributed by atoms with van der Waals surface area (Å²) in [6.07, 6.45) is 2.83. The van der Waals surface area contributed by atoms with Gasteiger partial charge in [0.2, 0.25) is 5.91 Å². The number of hydrogen-bond donors (Lipinski definition) is 1. The number of carboxylic acids is 1. The fourth-order valence-electron chi connectivity index (χ4n) is 5.03. The van der Waals surface area contributed by atoms with Crippen molar-refractivity contribution in [1.29, 1.82) is 0 Å². The lowest BCUT2D eigenvalue weighted by molar-refractivity contribution is -0.188. The summed E-state index contributed by atoms with van der Waals surface area (Å²) in [5.74, 6) is -1.24. The first-order valence-electron chi connectivity index (χ1n) is 12.6. The summed E-state index contributed by atoms with van der Waals surface area (Å²) in [7, 11) is 1.71. The summed E-state index contributed by atoms with van der Waals surface area (Å²) in [5.41, 5.74) is 2.05. The highest BCUT2D eigenvalue weighted by atomic mass is 16.7. The van der Waals surface area contributed by atoms with Gasteiger partial charge in [0, 0.05) is 52.0 Å². The molecule has 2 heterocycles. The van der Waals surface area contributed by atoms with Gasteiger partial charge in [0.05, 0.1) is 25.7 Å². The van der Waals surface area contributed by atoms with Crippen LogP contribution >= 0.6 is 0 Å². The summed E-state index contributed by atoms with van der Waals surface area (Å²) in [6, 6.07) is 5.54. The molecule has 0 spiro atoms. The largest absolute Gasteiger partial charge is 0.493 e. The van der Waals surface area contributed by atoms with Gasteiger partial charge in [-0.05, 0) is 36.5 Å². The van der Waals surface area contributed by atoms with Crippen LogP contribution in [0.1, 0.15) is 57.1 Å². The van der Waals surface area contributed by atoms with E-state index in [0.717, 1.165) is 36.1 Å². The molecule has 2 amide bonds. The van der Waals surface area contributed by atoms with Gasteiger partial charge in [-0.3, -0.25) is 24.1 Å². The van der Waals surface area contributed by atoms with E-state index in [1.807, 2.05) is 30.9 Å². The van der Waals surface area contributed by atoms with Crippen LogP contribution < -0.4 is 4.74 Å². The maximum atomic E-state index is 13.2. The van der Waals surface area contributed by atoms with Crippen LogP contribution in [0.2, 0.25) is 0 Å². The molecule has 3 rings (SSSR count). The highest BCUT2D eigenvalue weighted by molar-refractivity contribution is 5.78. The lowest BCUT2D eigenvalue weighted by Crippen LogP contribution is -2.45. The van der Waals surface area contributed by atoms with Gasteiger partial charge >= 0.3 is 5.97 Å². The number of hydroxylamine groups is 2. The number of fused-ring (bicyclic) bond motifs is 1.